The molecular weight excluding hydrogens is 175 g/mol. The average Bonchev–Trinajstić information content (AvgIpc) is 2.15. The number of amides is 1. The van der Waals surface area contributed by atoms with Crippen molar-refractivity contribution in [3.63, 3.8) is 0 Å². The van der Waals surface area contributed by atoms with Crippen LogP contribution in [0.2, 0.25) is 0 Å². The zero-order valence-electron chi connectivity index (χ0n) is 7.08. The van der Waals surface area contributed by atoms with Crippen molar-refractivity contribution in [2.45, 2.75) is 6.92 Å². The van der Waals surface area contributed by atoms with Crippen molar-refractivity contribution in [1.29, 1.82) is 0 Å². The van der Waals surface area contributed by atoms with Gasteiger partial charge in [0.1, 0.15) is 0 Å². The minimum Gasteiger partial charge on any atom is -0.274 e. The number of aromatic nitrogens is 1. The van der Waals surface area contributed by atoms with Crippen LogP contribution < -0.4 is 5.48 Å². The molecule has 0 radical (unpaired) electrons. The lowest BCUT2D eigenvalue weighted by Gasteiger charge is -2.03. The van der Waals surface area contributed by atoms with Crippen LogP contribution in [0.1, 0.15) is 17.3 Å². The Kier molecular flexibility index (Phi) is 3.33. The summed E-state index contributed by atoms with van der Waals surface area (Å²) in [5, 5.41) is 0. The highest BCUT2D eigenvalue weighted by Crippen LogP contribution is 2.01. The smallest absolute Gasteiger partial charge is 0.274 e. The molecule has 0 unspecified atom stereocenters. The van der Waals surface area contributed by atoms with E-state index in [0.717, 1.165) is 0 Å². The molecule has 70 valence electrons. The van der Waals surface area contributed by atoms with Gasteiger partial charge < -0.3 is 0 Å². The number of hydrogen-bond acceptors (Lipinski definition) is 3. The number of carbonyl (C=O) groups excluding carboxylic acids is 1. The molecule has 1 heterocycles. The first kappa shape index (κ1) is 9.60. The minimum absolute atomic E-state index is 0.129. The van der Waals surface area contributed by atoms with Crippen molar-refractivity contribution in [3.8, 4) is 0 Å². The number of nitrogens with zero attached hydrogens (tertiary/aromatic N) is 1. The van der Waals surface area contributed by atoms with Crippen LogP contribution in [0, 0.1) is 5.95 Å². The molecule has 0 spiro atoms. The van der Waals surface area contributed by atoms with Gasteiger partial charge in [-0.25, -0.2) is 10.5 Å². The lowest BCUT2D eigenvalue weighted by Crippen LogP contribution is -2.24. The van der Waals surface area contributed by atoms with E-state index >= 15 is 0 Å². The normalized spacial score (nSPS) is 9.69. The predicted molar refractivity (Wildman–Crippen MR) is 43.3 cm³/mol. The van der Waals surface area contributed by atoms with Crippen molar-refractivity contribution in [1.82, 2.24) is 10.5 Å². The zero-order chi connectivity index (χ0) is 9.68. The number of rotatable bonds is 3. The Morgan fingerprint density at radius 3 is 3.15 bits per heavy atom. The van der Waals surface area contributed by atoms with Crippen molar-refractivity contribution in [3.05, 3.63) is 29.8 Å². The maximum atomic E-state index is 12.8. The number of pyridine rings is 1. The molecule has 1 amide bonds. The monoisotopic (exact) mass is 184 g/mol. The lowest BCUT2D eigenvalue weighted by molar-refractivity contribution is 0.0360. The van der Waals surface area contributed by atoms with Crippen LogP contribution in [-0.4, -0.2) is 17.5 Å². The number of carbonyl (C=O) groups is 1. The molecule has 0 aliphatic carbocycles. The lowest BCUT2D eigenvalue weighted by atomic mass is 10.3. The molecule has 1 aromatic rings. The third-order valence-electron chi connectivity index (χ3n) is 1.31. The second-order valence-corrected chi connectivity index (χ2v) is 2.21. The van der Waals surface area contributed by atoms with E-state index in [1.165, 1.54) is 18.3 Å². The Bertz CT molecular complexity index is 304. The zero-order valence-corrected chi connectivity index (χ0v) is 7.08. The summed E-state index contributed by atoms with van der Waals surface area (Å²) in [5.41, 5.74) is 1.94. The third-order valence-corrected chi connectivity index (χ3v) is 1.31. The van der Waals surface area contributed by atoms with Crippen molar-refractivity contribution in [2.75, 3.05) is 6.61 Å². The van der Waals surface area contributed by atoms with Crippen LogP contribution >= 0.6 is 0 Å². The largest absolute Gasteiger partial charge is 0.279 e. The SMILES string of the molecule is CCONC(=O)c1cccnc1F. The summed E-state index contributed by atoms with van der Waals surface area (Å²) >= 11 is 0. The van der Waals surface area contributed by atoms with Crippen LogP contribution in [0.25, 0.3) is 0 Å². The fourth-order valence-corrected chi connectivity index (χ4v) is 0.748. The first-order valence-electron chi connectivity index (χ1n) is 3.78. The minimum atomic E-state index is -0.806. The van der Waals surface area contributed by atoms with Crippen LogP contribution in [-0.2, 0) is 4.84 Å². The molecule has 0 atom stereocenters. The summed E-state index contributed by atoms with van der Waals surface area (Å²) < 4.78 is 12.8. The number of hydrogen-bond donors (Lipinski definition) is 1. The summed E-state index contributed by atoms with van der Waals surface area (Å²) in [7, 11) is 0. The molecule has 1 aromatic heterocycles. The Balaban J connectivity index is 2.71. The van der Waals surface area contributed by atoms with Crippen LogP contribution in [0.3, 0.4) is 0 Å². The standard InChI is InChI=1S/C8H9FN2O2/c1-2-13-11-8(12)6-4-3-5-10-7(6)9/h3-5H,2H2,1H3,(H,11,12). The molecule has 0 fully saturated rings. The fraction of sp³-hybridized carbons (Fsp3) is 0.250. The second-order valence-electron chi connectivity index (χ2n) is 2.21. The van der Waals surface area contributed by atoms with Gasteiger partial charge in [0, 0.05) is 6.20 Å². The van der Waals surface area contributed by atoms with Gasteiger partial charge in [-0.1, -0.05) is 0 Å². The molecule has 4 nitrogen and oxygen atoms in total. The highest BCUT2D eigenvalue weighted by atomic mass is 19.1. The van der Waals surface area contributed by atoms with Crippen molar-refractivity contribution in [2.24, 2.45) is 0 Å². The molecule has 0 aliphatic heterocycles. The average molecular weight is 184 g/mol. The van der Waals surface area contributed by atoms with Gasteiger partial charge in [0.25, 0.3) is 5.91 Å². The van der Waals surface area contributed by atoms with Crippen molar-refractivity contribution >= 4 is 5.91 Å². The van der Waals surface area contributed by atoms with Gasteiger partial charge in [0.05, 0.1) is 12.2 Å². The Hall–Kier alpha value is -1.49. The number of halogens is 1. The molecule has 13 heavy (non-hydrogen) atoms. The molecule has 0 bridgehead atoms. The van der Waals surface area contributed by atoms with E-state index in [4.69, 9.17) is 0 Å². The summed E-state index contributed by atoms with van der Waals surface area (Å²) in [6, 6.07) is 2.81. The van der Waals surface area contributed by atoms with E-state index in [-0.39, 0.29) is 5.56 Å². The van der Waals surface area contributed by atoms with Crippen LogP contribution in [0.4, 0.5) is 4.39 Å². The quantitative estimate of drug-likeness (QED) is 0.561. The first-order chi connectivity index (χ1) is 6.25. The molecule has 1 rings (SSSR count). The topological polar surface area (TPSA) is 51.2 Å². The van der Waals surface area contributed by atoms with Gasteiger partial charge in [-0.3, -0.25) is 9.63 Å². The second kappa shape index (κ2) is 4.51. The molecule has 5 heteroatoms. The molecule has 0 saturated carbocycles. The fourth-order valence-electron chi connectivity index (χ4n) is 0.748. The third kappa shape index (κ3) is 2.48. The van der Waals surface area contributed by atoms with Gasteiger partial charge in [-0.05, 0) is 19.1 Å². The van der Waals surface area contributed by atoms with Crippen LogP contribution in [0.15, 0.2) is 18.3 Å². The molecule has 1 N–H and O–H groups in total. The van der Waals surface area contributed by atoms with E-state index in [0.29, 0.717) is 6.61 Å². The van der Waals surface area contributed by atoms with Gasteiger partial charge in [-0.2, -0.15) is 4.39 Å². The molecule has 0 aromatic carbocycles. The van der Waals surface area contributed by atoms with E-state index in [9.17, 15) is 9.18 Å². The van der Waals surface area contributed by atoms with E-state index in [1.807, 2.05) is 0 Å². The van der Waals surface area contributed by atoms with Gasteiger partial charge in [0.15, 0.2) is 0 Å². The summed E-state index contributed by atoms with van der Waals surface area (Å²) in [4.78, 5) is 19.0. The van der Waals surface area contributed by atoms with E-state index < -0.39 is 11.9 Å². The molecule has 0 aliphatic rings. The maximum Gasteiger partial charge on any atom is 0.279 e. The molecular formula is C8H9FN2O2. The van der Waals surface area contributed by atoms with Gasteiger partial charge in [-0.15, -0.1) is 0 Å². The maximum absolute atomic E-state index is 12.8. The first-order valence-corrected chi connectivity index (χ1v) is 3.78. The Morgan fingerprint density at radius 1 is 1.77 bits per heavy atom. The van der Waals surface area contributed by atoms with Gasteiger partial charge in [0.2, 0.25) is 5.95 Å². The van der Waals surface area contributed by atoms with Gasteiger partial charge >= 0.3 is 0 Å². The Morgan fingerprint density at radius 2 is 2.54 bits per heavy atom. The summed E-state index contributed by atoms with van der Waals surface area (Å²) in [5.74, 6) is -1.44. The van der Waals surface area contributed by atoms with E-state index in [2.05, 4.69) is 15.3 Å². The summed E-state index contributed by atoms with van der Waals surface area (Å²) in [6.07, 6.45) is 1.27. The number of hydroxylamine groups is 1. The highest BCUT2D eigenvalue weighted by Gasteiger charge is 2.10. The van der Waals surface area contributed by atoms with E-state index in [1.54, 1.807) is 6.92 Å². The predicted octanol–water partition coefficient (Wildman–Crippen LogP) is 0.902. The number of nitrogens with one attached hydrogen (secondary N) is 1. The highest BCUT2D eigenvalue weighted by molar-refractivity contribution is 5.93. The molecule has 0 saturated heterocycles. The van der Waals surface area contributed by atoms with Crippen LogP contribution in [0.5, 0.6) is 0 Å². The summed E-state index contributed by atoms with van der Waals surface area (Å²) in [6.45, 7) is 2.04. The van der Waals surface area contributed by atoms with Crippen molar-refractivity contribution < 1.29 is 14.0 Å². The Labute approximate surface area is 74.7 Å².